The number of alkyl halides is 3. The number of nitrogens with one attached hydrogen (secondary N) is 3. The Hall–Kier alpha value is -3.08. The summed E-state index contributed by atoms with van der Waals surface area (Å²) in [6.07, 6.45) is 0.720. The molecule has 0 radical (unpaired) electrons. The zero-order valence-corrected chi connectivity index (χ0v) is 16.2. The second kappa shape index (κ2) is 9.16. The van der Waals surface area contributed by atoms with E-state index in [0.717, 1.165) is 18.6 Å². The molecular formula is C19H22F3N5O3. The molecule has 1 saturated heterocycles. The van der Waals surface area contributed by atoms with Gasteiger partial charge in [0.1, 0.15) is 6.10 Å². The number of benzene rings is 1. The van der Waals surface area contributed by atoms with E-state index in [1.54, 1.807) is 30.2 Å². The van der Waals surface area contributed by atoms with Crippen LogP contribution in [0.2, 0.25) is 0 Å². The maximum absolute atomic E-state index is 13.5. The number of amides is 3. The lowest BCUT2D eigenvalue weighted by molar-refractivity contribution is -0.137. The minimum atomic E-state index is -4.73. The van der Waals surface area contributed by atoms with Gasteiger partial charge < -0.3 is 25.3 Å². The Kier molecular flexibility index (Phi) is 6.60. The van der Waals surface area contributed by atoms with Crippen LogP contribution < -0.4 is 16.0 Å². The number of hydrogen-bond acceptors (Lipinski definition) is 4. The third-order valence-corrected chi connectivity index (χ3v) is 4.48. The van der Waals surface area contributed by atoms with Crippen molar-refractivity contribution >= 4 is 23.3 Å². The molecule has 2 heterocycles. The minimum absolute atomic E-state index is 0.0257. The second-order valence-corrected chi connectivity index (χ2v) is 7.01. The molecule has 1 aromatic carbocycles. The average molecular weight is 425 g/mol. The molecule has 2 aromatic rings. The molecule has 8 nitrogen and oxygen atoms in total. The van der Waals surface area contributed by atoms with Crippen molar-refractivity contribution in [2.45, 2.75) is 44.6 Å². The molecule has 1 aliphatic rings. The average Bonchev–Trinajstić information content (AvgIpc) is 3.35. The maximum atomic E-state index is 13.5. The van der Waals surface area contributed by atoms with Crippen LogP contribution in [0.5, 0.6) is 0 Å². The van der Waals surface area contributed by atoms with E-state index in [4.69, 9.17) is 4.74 Å². The number of urea groups is 1. The number of carbonyl (C=O) groups is 2. The minimum Gasteiger partial charge on any atom is -0.368 e. The molecule has 162 valence electrons. The van der Waals surface area contributed by atoms with E-state index >= 15 is 0 Å². The molecule has 11 heteroatoms. The number of aromatic nitrogens is 2. The quantitative estimate of drug-likeness (QED) is 0.662. The van der Waals surface area contributed by atoms with Gasteiger partial charge in [-0.25, -0.2) is 9.78 Å². The van der Waals surface area contributed by atoms with E-state index in [0.29, 0.717) is 19.6 Å². The fourth-order valence-electron chi connectivity index (χ4n) is 3.11. The van der Waals surface area contributed by atoms with Crippen LogP contribution in [0.4, 0.5) is 29.3 Å². The lowest BCUT2D eigenvalue weighted by Crippen LogP contribution is -2.38. The van der Waals surface area contributed by atoms with Gasteiger partial charge in [-0.15, -0.1) is 0 Å². The van der Waals surface area contributed by atoms with Gasteiger partial charge in [-0.05, 0) is 38.0 Å². The summed E-state index contributed by atoms with van der Waals surface area (Å²) < 4.78 is 47.5. The van der Waals surface area contributed by atoms with Crippen molar-refractivity contribution in [1.82, 2.24) is 14.9 Å². The van der Waals surface area contributed by atoms with Crippen LogP contribution in [-0.4, -0.2) is 40.2 Å². The molecule has 0 bridgehead atoms. The molecule has 3 N–H and O–H groups in total. The number of anilines is 2. The summed E-state index contributed by atoms with van der Waals surface area (Å²) in [7, 11) is 0. The standard InChI is InChI=1S/C19H22F3N5O3/c1-12(10-27-7-6-23-11-27)24-18(29)26-15-5-4-13(9-14(15)19(20,21)22)25-17(28)16-3-2-8-30-16/h4-7,9,11-12,16H,2-3,8,10H2,1H3,(H,25,28)(H2,24,26,29)/t12-,16-/m0/s1. The fraction of sp³-hybridized carbons (Fsp3) is 0.421. The first-order chi connectivity index (χ1) is 14.2. The van der Waals surface area contributed by atoms with E-state index in [9.17, 15) is 22.8 Å². The van der Waals surface area contributed by atoms with Crippen LogP contribution in [0.25, 0.3) is 0 Å². The molecule has 0 aliphatic carbocycles. The summed E-state index contributed by atoms with van der Waals surface area (Å²) in [6, 6.07) is 2.07. The van der Waals surface area contributed by atoms with Gasteiger partial charge in [0.15, 0.2) is 0 Å². The van der Waals surface area contributed by atoms with Gasteiger partial charge in [-0.3, -0.25) is 4.79 Å². The Morgan fingerprint density at radius 1 is 1.33 bits per heavy atom. The smallest absolute Gasteiger partial charge is 0.368 e. The van der Waals surface area contributed by atoms with E-state index in [2.05, 4.69) is 20.9 Å². The van der Waals surface area contributed by atoms with Crippen molar-refractivity contribution in [1.29, 1.82) is 0 Å². The molecule has 0 unspecified atom stereocenters. The number of hydrogen-bond donors (Lipinski definition) is 3. The predicted octanol–water partition coefficient (Wildman–Crippen LogP) is 3.23. The fourth-order valence-corrected chi connectivity index (χ4v) is 3.11. The molecule has 2 atom stereocenters. The molecule has 3 rings (SSSR count). The maximum Gasteiger partial charge on any atom is 0.418 e. The highest BCUT2D eigenvalue weighted by atomic mass is 19.4. The first kappa shape index (κ1) is 21.6. The van der Waals surface area contributed by atoms with Gasteiger partial charge in [0, 0.05) is 37.3 Å². The first-order valence-corrected chi connectivity index (χ1v) is 9.39. The van der Waals surface area contributed by atoms with E-state index in [-0.39, 0.29) is 11.7 Å². The Balaban J connectivity index is 1.67. The normalized spacial score (nSPS) is 17.4. The number of halogens is 3. The molecule has 0 spiro atoms. The largest absolute Gasteiger partial charge is 0.418 e. The van der Waals surface area contributed by atoms with E-state index < -0.39 is 35.5 Å². The monoisotopic (exact) mass is 425 g/mol. The third-order valence-electron chi connectivity index (χ3n) is 4.48. The Labute approximate surface area is 170 Å². The number of ether oxygens (including phenoxy) is 1. The summed E-state index contributed by atoms with van der Waals surface area (Å²) in [5.41, 5.74) is -1.50. The van der Waals surface area contributed by atoms with Gasteiger partial charge in [0.05, 0.1) is 17.6 Å². The zero-order chi connectivity index (χ0) is 21.7. The van der Waals surface area contributed by atoms with E-state index in [1.165, 1.54) is 6.07 Å². The zero-order valence-electron chi connectivity index (χ0n) is 16.2. The molecular weight excluding hydrogens is 403 g/mol. The summed E-state index contributed by atoms with van der Waals surface area (Å²) in [4.78, 5) is 28.1. The highest BCUT2D eigenvalue weighted by Gasteiger charge is 2.35. The highest BCUT2D eigenvalue weighted by molar-refractivity contribution is 5.95. The van der Waals surface area contributed by atoms with Crippen LogP contribution in [0.1, 0.15) is 25.3 Å². The van der Waals surface area contributed by atoms with Crippen molar-refractivity contribution in [2.24, 2.45) is 0 Å². The summed E-state index contributed by atoms with van der Waals surface area (Å²) in [5.74, 6) is -0.493. The summed E-state index contributed by atoms with van der Waals surface area (Å²) in [5, 5.41) is 7.24. The molecule has 1 fully saturated rings. The molecule has 1 aromatic heterocycles. The second-order valence-electron chi connectivity index (χ2n) is 7.01. The Morgan fingerprint density at radius 2 is 2.13 bits per heavy atom. The topological polar surface area (TPSA) is 97.3 Å². The van der Waals surface area contributed by atoms with E-state index in [1.807, 2.05) is 0 Å². The third kappa shape index (κ3) is 5.72. The highest BCUT2D eigenvalue weighted by Crippen LogP contribution is 2.36. The Morgan fingerprint density at radius 3 is 2.77 bits per heavy atom. The molecule has 1 aliphatic heterocycles. The number of rotatable bonds is 6. The van der Waals surface area contributed by atoms with Crippen molar-refractivity contribution < 1.29 is 27.5 Å². The lowest BCUT2D eigenvalue weighted by Gasteiger charge is -2.19. The number of nitrogens with zero attached hydrogens (tertiary/aromatic N) is 2. The van der Waals surface area contributed by atoms with Crippen LogP contribution in [0, 0.1) is 0 Å². The number of imidazole rings is 1. The van der Waals surface area contributed by atoms with Crippen molar-refractivity contribution in [2.75, 3.05) is 17.2 Å². The van der Waals surface area contributed by atoms with Crippen LogP contribution >= 0.6 is 0 Å². The van der Waals surface area contributed by atoms with Gasteiger partial charge in [0.2, 0.25) is 0 Å². The van der Waals surface area contributed by atoms with Crippen LogP contribution in [0.3, 0.4) is 0 Å². The Bertz CT molecular complexity index is 880. The lowest BCUT2D eigenvalue weighted by atomic mass is 10.1. The van der Waals surface area contributed by atoms with Crippen molar-refractivity contribution in [3.05, 3.63) is 42.5 Å². The molecule has 0 saturated carbocycles. The number of carbonyl (C=O) groups excluding carboxylic acids is 2. The molecule has 30 heavy (non-hydrogen) atoms. The molecule has 3 amide bonds. The van der Waals surface area contributed by atoms with Crippen molar-refractivity contribution in [3.8, 4) is 0 Å². The van der Waals surface area contributed by atoms with Gasteiger partial charge >= 0.3 is 12.2 Å². The summed E-state index contributed by atoms with van der Waals surface area (Å²) in [6.45, 7) is 2.57. The van der Waals surface area contributed by atoms with Gasteiger partial charge in [-0.2, -0.15) is 13.2 Å². The van der Waals surface area contributed by atoms with Gasteiger partial charge in [0.25, 0.3) is 5.91 Å². The van der Waals surface area contributed by atoms with Crippen LogP contribution in [0.15, 0.2) is 36.9 Å². The predicted molar refractivity (Wildman–Crippen MR) is 103 cm³/mol. The van der Waals surface area contributed by atoms with Crippen molar-refractivity contribution in [3.63, 3.8) is 0 Å². The summed E-state index contributed by atoms with van der Waals surface area (Å²) >= 11 is 0. The SMILES string of the molecule is C[C@@H](Cn1ccnc1)NC(=O)Nc1ccc(NC(=O)[C@@H]2CCCO2)cc1C(F)(F)F. The van der Waals surface area contributed by atoms with Crippen LogP contribution in [-0.2, 0) is 22.3 Å². The van der Waals surface area contributed by atoms with Gasteiger partial charge in [-0.1, -0.05) is 0 Å². The first-order valence-electron chi connectivity index (χ1n) is 9.39.